The molecule has 10 nitrogen and oxygen atoms in total. The first kappa shape index (κ1) is 24.4. The fourth-order valence-electron chi connectivity index (χ4n) is 5.18. The summed E-state index contributed by atoms with van der Waals surface area (Å²) in [5.74, 6) is -0.367. The summed E-state index contributed by atoms with van der Waals surface area (Å²) in [7, 11) is -1.56. The van der Waals surface area contributed by atoms with E-state index in [0.29, 0.717) is 26.1 Å². The third-order valence-corrected chi connectivity index (χ3v) is 8.62. The van der Waals surface area contributed by atoms with Crippen LogP contribution in [0.4, 0.5) is 0 Å². The summed E-state index contributed by atoms with van der Waals surface area (Å²) in [6.45, 7) is 6.20. The lowest BCUT2D eigenvalue weighted by Gasteiger charge is -2.49. The molecule has 0 aromatic carbocycles. The normalized spacial score (nSPS) is 35.5. The van der Waals surface area contributed by atoms with Crippen LogP contribution in [-0.4, -0.2) is 99.3 Å². The van der Waals surface area contributed by atoms with Gasteiger partial charge in [-0.15, -0.1) is 0 Å². The van der Waals surface area contributed by atoms with E-state index in [-0.39, 0.29) is 42.3 Å². The molecule has 2 amide bonds. The Bertz CT molecular complexity index is 763. The quantitative estimate of drug-likeness (QED) is 0.399. The molecule has 1 saturated carbocycles. The molecule has 0 bridgehead atoms. The molecule has 31 heavy (non-hydrogen) atoms. The summed E-state index contributed by atoms with van der Waals surface area (Å²) < 4.78 is 24.7. The van der Waals surface area contributed by atoms with E-state index in [1.54, 1.807) is 14.0 Å². The zero-order valence-electron chi connectivity index (χ0n) is 19.1. The molecule has 0 aromatic rings. The molecule has 178 valence electrons. The molecule has 1 aliphatic carbocycles. The topological polar surface area (TPSA) is 123 Å². The Morgan fingerprint density at radius 3 is 2.45 bits per heavy atom. The average molecular weight is 459 g/mol. The molecule has 2 saturated heterocycles. The van der Waals surface area contributed by atoms with Crippen molar-refractivity contribution >= 4 is 21.7 Å². The number of piperazine rings is 1. The molecule has 0 radical (unpaired) electrons. The van der Waals surface area contributed by atoms with Crippen LogP contribution >= 0.6 is 0 Å². The van der Waals surface area contributed by atoms with Gasteiger partial charge in [0.2, 0.25) is 11.8 Å². The highest BCUT2D eigenvalue weighted by molar-refractivity contribution is 7.91. The lowest BCUT2D eigenvalue weighted by molar-refractivity contribution is -0.134. The zero-order valence-corrected chi connectivity index (χ0v) is 19.9. The number of nitrogens with zero attached hydrogens (tertiary/aromatic N) is 2. The van der Waals surface area contributed by atoms with Gasteiger partial charge in [-0.1, -0.05) is 12.8 Å². The van der Waals surface area contributed by atoms with E-state index in [0.717, 1.165) is 25.8 Å². The van der Waals surface area contributed by atoms with Gasteiger partial charge in [0.15, 0.2) is 9.84 Å². The molecule has 3 rings (SSSR count). The van der Waals surface area contributed by atoms with Crippen LogP contribution in [0, 0.1) is 5.92 Å². The number of hydrogen-bond acceptors (Lipinski definition) is 8. The van der Waals surface area contributed by atoms with Crippen molar-refractivity contribution in [1.82, 2.24) is 31.1 Å². The van der Waals surface area contributed by atoms with Crippen LogP contribution in [0.1, 0.15) is 39.5 Å². The van der Waals surface area contributed by atoms with E-state index >= 15 is 0 Å². The Morgan fingerprint density at radius 1 is 1.13 bits per heavy atom. The number of carbonyl (C=O) groups excluding carboxylic acids is 2. The number of hydrogen-bond donors (Lipinski definition) is 4. The Kier molecular flexibility index (Phi) is 7.95. The van der Waals surface area contributed by atoms with Crippen LogP contribution in [0.25, 0.3) is 0 Å². The second kappa shape index (κ2) is 10.1. The zero-order chi connectivity index (χ0) is 22.8. The molecule has 6 unspecified atom stereocenters. The predicted octanol–water partition coefficient (Wildman–Crippen LogP) is -1.35. The molecule has 0 spiro atoms. The fourth-order valence-corrected chi connectivity index (χ4v) is 6.59. The van der Waals surface area contributed by atoms with Gasteiger partial charge in [-0.2, -0.15) is 0 Å². The summed E-state index contributed by atoms with van der Waals surface area (Å²) in [6.07, 6.45) is 4.12. The van der Waals surface area contributed by atoms with Crippen molar-refractivity contribution in [3.63, 3.8) is 0 Å². The molecule has 4 N–H and O–H groups in total. The van der Waals surface area contributed by atoms with E-state index in [4.69, 9.17) is 0 Å². The second-order valence-electron chi connectivity index (χ2n) is 9.15. The predicted molar refractivity (Wildman–Crippen MR) is 119 cm³/mol. The summed E-state index contributed by atoms with van der Waals surface area (Å²) in [5.41, 5.74) is 0. The van der Waals surface area contributed by atoms with Crippen molar-refractivity contribution < 1.29 is 18.0 Å². The van der Waals surface area contributed by atoms with Crippen molar-refractivity contribution in [3.05, 3.63) is 0 Å². The van der Waals surface area contributed by atoms with Gasteiger partial charge in [0.25, 0.3) is 0 Å². The molecular weight excluding hydrogens is 420 g/mol. The number of nitrogens with one attached hydrogen (secondary N) is 4. The van der Waals surface area contributed by atoms with E-state index in [1.807, 2.05) is 4.90 Å². The van der Waals surface area contributed by atoms with Crippen LogP contribution in [0.5, 0.6) is 0 Å². The van der Waals surface area contributed by atoms with Gasteiger partial charge in [-0.05, 0) is 19.8 Å². The third kappa shape index (κ3) is 5.75. The Hall–Kier alpha value is -1.27. The maximum Gasteiger partial charge on any atom is 0.227 e. The van der Waals surface area contributed by atoms with Crippen molar-refractivity contribution in [1.29, 1.82) is 0 Å². The molecular formula is C20H38N6O4S. The van der Waals surface area contributed by atoms with Crippen LogP contribution in [0.2, 0.25) is 0 Å². The minimum Gasteiger partial charge on any atom is -0.359 e. The molecule has 0 aromatic heterocycles. The highest BCUT2D eigenvalue weighted by atomic mass is 32.2. The number of carbonyl (C=O) groups is 2. The first-order valence-corrected chi connectivity index (χ1v) is 13.2. The van der Waals surface area contributed by atoms with Gasteiger partial charge >= 0.3 is 0 Å². The fraction of sp³-hybridized carbons (Fsp3) is 0.900. The first-order valence-electron chi connectivity index (χ1n) is 11.3. The highest BCUT2D eigenvalue weighted by Gasteiger charge is 2.42. The number of amides is 2. The SMILES string of the molecule is CNC(=O)C1CNC(N2CCN(C(C)=O)CC2C)NC1NC1CCCCC1S(C)(=O)=O. The first-order chi connectivity index (χ1) is 14.6. The van der Waals surface area contributed by atoms with Gasteiger partial charge in [-0.3, -0.25) is 30.4 Å². The van der Waals surface area contributed by atoms with E-state index in [1.165, 1.54) is 6.26 Å². The number of rotatable bonds is 5. The standard InChI is InChI=1S/C20H38N6O4S/c1-13-12-25(14(2)27)9-10-26(13)20-22-11-15(19(28)21-3)18(24-20)23-16-7-5-6-8-17(16)31(4,29)30/h13,15-18,20,22-24H,5-12H2,1-4H3,(H,21,28). The lowest BCUT2D eigenvalue weighted by atomic mass is 9.93. The van der Waals surface area contributed by atoms with Gasteiger partial charge in [0.1, 0.15) is 6.29 Å². The van der Waals surface area contributed by atoms with Crippen LogP contribution < -0.4 is 21.3 Å². The molecule has 2 heterocycles. The smallest absolute Gasteiger partial charge is 0.227 e. The Balaban J connectivity index is 1.73. The van der Waals surface area contributed by atoms with Crippen LogP contribution in [-0.2, 0) is 19.4 Å². The molecule has 3 aliphatic rings. The monoisotopic (exact) mass is 458 g/mol. The van der Waals surface area contributed by atoms with Gasteiger partial charge in [0, 0.05) is 58.5 Å². The van der Waals surface area contributed by atoms with Gasteiger partial charge in [0.05, 0.1) is 17.3 Å². The van der Waals surface area contributed by atoms with Gasteiger partial charge < -0.3 is 10.2 Å². The van der Waals surface area contributed by atoms with E-state index in [9.17, 15) is 18.0 Å². The lowest BCUT2D eigenvalue weighted by Crippen LogP contribution is -2.74. The van der Waals surface area contributed by atoms with Crippen molar-refractivity contribution in [2.75, 3.05) is 39.5 Å². The average Bonchev–Trinajstić information content (AvgIpc) is 2.72. The number of sulfone groups is 1. The molecule has 6 atom stereocenters. The maximum absolute atomic E-state index is 12.6. The Labute approximate surface area is 185 Å². The molecule has 3 fully saturated rings. The summed E-state index contributed by atoms with van der Waals surface area (Å²) in [6, 6.07) is -0.0301. The molecule has 2 aliphatic heterocycles. The van der Waals surface area contributed by atoms with Crippen molar-refractivity contribution in [2.24, 2.45) is 5.92 Å². The minimum absolute atomic E-state index is 0.0828. The summed E-state index contributed by atoms with van der Waals surface area (Å²) in [4.78, 5) is 28.4. The van der Waals surface area contributed by atoms with E-state index < -0.39 is 15.1 Å². The van der Waals surface area contributed by atoms with Gasteiger partial charge in [-0.25, -0.2) is 8.42 Å². The maximum atomic E-state index is 12.6. The summed E-state index contributed by atoms with van der Waals surface area (Å²) in [5, 5.41) is 12.8. The second-order valence-corrected chi connectivity index (χ2v) is 11.4. The van der Waals surface area contributed by atoms with Crippen LogP contribution in [0.3, 0.4) is 0 Å². The minimum atomic E-state index is -3.18. The highest BCUT2D eigenvalue weighted by Crippen LogP contribution is 2.25. The van der Waals surface area contributed by atoms with Crippen molar-refractivity contribution in [3.8, 4) is 0 Å². The van der Waals surface area contributed by atoms with E-state index in [2.05, 4.69) is 33.1 Å². The largest absolute Gasteiger partial charge is 0.359 e. The summed E-state index contributed by atoms with van der Waals surface area (Å²) >= 11 is 0. The Morgan fingerprint density at radius 2 is 1.84 bits per heavy atom. The van der Waals surface area contributed by atoms with Crippen LogP contribution in [0.15, 0.2) is 0 Å². The third-order valence-electron chi connectivity index (χ3n) is 6.96. The van der Waals surface area contributed by atoms with Crippen molar-refractivity contribution in [2.45, 2.75) is 69.3 Å². The molecule has 11 heteroatoms.